The minimum absolute atomic E-state index is 0.0839. The summed E-state index contributed by atoms with van der Waals surface area (Å²) >= 11 is 5.80. The molecule has 1 amide bonds. The number of nitro groups is 1. The number of amides is 1. The van der Waals surface area contributed by atoms with Gasteiger partial charge in [0.2, 0.25) is 0 Å². The topological polar surface area (TPSA) is 121 Å². The Morgan fingerprint density at radius 2 is 2.00 bits per heavy atom. The number of aromatic hydroxyl groups is 1. The minimum Gasteiger partial charge on any atom is -0.505 e. The Labute approximate surface area is 152 Å². The fraction of sp³-hybridized carbons (Fsp3) is 0.125. The molecule has 0 radical (unpaired) electrons. The van der Waals surface area contributed by atoms with Gasteiger partial charge in [-0.3, -0.25) is 14.9 Å². The number of phenols is 1. The molecule has 26 heavy (non-hydrogen) atoms. The number of hydrogen-bond donors (Lipinski definition) is 1. The number of rotatable bonds is 4. The molecule has 1 aliphatic heterocycles. The molecule has 1 unspecified atom stereocenters. The van der Waals surface area contributed by atoms with Crippen LogP contribution in [0.4, 0.5) is 17.1 Å². The van der Waals surface area contributed by atoms with Crippen molar-refractivity contribution < 1.29 is 14.8 Å². The van der Waals surface area contributed by atoms with Crippen LogP contribution < -0.4 is 5.01 Å². The second-order valence-corrected chi connectivity index (χ2v) is 5.80. The number of phenolic OH excluding ortho intramolecular Hbond substituents is 1. The third-order valence-electron chi connectivity index (χ3n) is 3.62. The summed E-state index contributed by atoms with van der Waals surface area (Å²) in [6, 6.07) is 9.87. The van der Waals surface area contributed by atoms with Gasteiger partial charge in [-0.15, -0.1) is 0 Å². The maximum atomic E-state index is 12.5. The fourth-order valence-electron chi connectivity index (χ4n) is 2.32. The highest BCUT2D eigenvalue weighted by Gasteiger charge is 2.34. The van der Waals surface area contributed by atoms with E-state index in [0.29, 0.717) is 11.4 Å². The van der Waals surface area contributed by atoms with Gasteiger partial charge in [-0.05, 0) is 25.1 Å². The van der Waals surface area contributed by atoms with E-state index in [-0.39, 0.29) is 10.7 Å². The molecule has 2 aromatic carbocycles. The summed E-state index contributed by atoms with van der Waals surface area (Å²) in [6.45, 7) is 1.63. The van der Waals surface area contributed by atoms with Crippen LogP contribution in [0.5, 0.6) is 5.75 Å². The van der Waals surface area contributed by atoms with Gasteiger partial charge in [0.05, 0.1) is 22.4 Å². The Hall–Kier alpha value is -3.33. The average molecular weight is 374 g/mol. The first-order valence-corrected chi connectivity index (χ1v) is 7.78. The summed E-state index contributed by atoms with van der Waals surface area (Å²) < 4.78 is 0. The number of nitrogens with zero attached hydrogens (tertiary/aromatic N) is 5. The zero-order valence-electron chi connectivity index (χ0n) is 13.4. The Morgan fingerprint density at radius 1 is 1.31 bits per heavy atom. The zero-order valence-corrected chi connectivity index (χ0v) is 14.2. The van der Waals surface area contributed by atoms with E-state index >= 15 is 0 Å². The van der Waals surface area contributed by atoms with E-state index in [4.69, 9.17) is 11.6 Å². The van der Waals surface area contributed by atoms with Crippen LogP contribution in [0.2, 0.25) is 5.02 Å². The largest absolute Gasteiger partial charge is 0.505 e. The first-order chi connectivity index (χ1) is 12.4. The van der Waals surface area contributed by atoms with Crippen molar-refractivity contribution in [3.8, 4) is 5.75 Å². The molecular formula is C16H12ClN5O4. The van der Waals surface area contributed by atoms with Crippen LogP contribution in [-0.4, -0.2) is 27.7 Å². The number of carbonyl (C=O) groups is 1. The third kappa shape index (κ3) is 3.24. The molecule has 0 bridgehead atoms. The molecule has 1 N–H and O–H groups in total. The van der Waals surface area contributed by atoms with Gasteiger partial charge in [0.25, 0.3) is 11.6 Å². The van der Waals surface area contributed by atoms with E-state index in [1.807, 2.05) is 6.07 Å². The molecule has 2 aromatic rings. The zero-order chi connectivity index (χ0) is 18.8. The number of hydrazone groups is 1. The van der Waals surface area contributed by atoms with E-state index in [2.05, 4.69) is 15.3 Å². The van der Waals surface area contributed by atoms with Crippen molar-refractivity contribution in [1.82, 2.24) is 0 Å². The SMILES string of the molecule is CC1=NN(c2ccccc2)C(=O)C1N=Nc1cc(Cl)c([N+](=O)[O-])cc1O. The number of carbonyl (C=O) groups excluding carboxylic acids is 1. The van der Waals surface area contributed by atoms with Gasteiger partial charge < -0.3 is 5.11 Å². The Morgan fingerprint density at radius 3 is 2.65 bits per heavy atom. The van der Waals surface area contributed by atoms with E-state index in [0.717, 1.165) is 12.1 Å². The van der Waals surface area contributed by atoms with Crippen molar-refractivity contribution in [2.75, 3.05) is 5.01 Å². The molecule has 9 nitrogen and oxygen atoms in total. The molecule has 3 rings (SSSR count). The molecular weight excluding hydrogens is 362 g/mol. The molecule has 0 saturated heterocycles. The molecule has 0 spiro atoms. The van der Waals surface area contributed by atoms with E-state index in [9.17, 15) is 20.0 Å². The number of nitro benzene ring substituents is 1. The summed E-state index contributed by atoms with van der Waals surface area (Å²) in [5, 5.41) is 33.6. The smallest absolute Gasteiger partial charge is 0.291 e. The van der Waals surface area contributed by atoms with Crippen LogP contribution in [0.15, 0.2) is 57.8 Å². The monoisotopic (exact) mass is 373 g/mol. The van der Waals surface area contributed by atoms with Crippen molar-refractivity contribution in [2.45, 2.75) is 13.0 Å². The maximum Gasteiger partial charge on any atom is 0.291 e. The van der Waals surface area contributed by atoms with Gasteiger partial charge in [-0.2, -0.15) is 20.3 Å². The van der Waals surface area contributed by atoms with E-state index in [1.54, 1.807) is 31.2 Å². The maximum absolute atomic E-state index is 12.5. The first kappa shape index (κ1) is 17.5. The van der Waals surface area contributed by atoms with Crippen LogP contribution in [0.1, 0.15) is 6.92 Å². The summed E-state index contributed by atoms with van der Waals surface area (Å²) in [5.41, 5.74) is 0.485. The van der Waals surface area contributed by atoms with Crippen LogP contribution in [-0.2, 0) is 4.79 Å². The van der Waals surface area contributed by atoms with Gasteiger partial charge >= 0.3 is 0 Å². The number of para-hydroxylation sites is 1. The highest BCUT2D eigenvalue weighted by Crippen LogP contribution is 2.37. The minimum atomic E-state index is -0.955. The lowest BCUT2D eigenvalue weighted by atomic mass is 10.2. The molecule has 1 atom stereocenters. The lowest BCUT2D eigenvalue weighted by molar-refractivity contribution is -0.384. The second kappa shape index (κ2) is 6.89. The summed E-state index contributed by atoms with van der Waals surface area (Å²) in [5.74, 6) is -0.866. The van der Waals surface area contributed by atoms with Crippen molar-refractivity contribution >= 4 is 40.3 Å². The number of anilines is 1. The van der Waals surface area contributed by atoms with Gasteiger partial charge in [0, 0.05) is 0 Å². The number of hydrogen-bond acceptors (Lipinski definition) is 7. The van der Waals surface area contributed by atoms with Gasteiger partial charge in [0.1, 0.15) is 16.5 Å². The van der Waals surface area contributed by atoms with Crippen molar-refractivity contribution in [2.24, 2.45) is 15.3 Å². The lowest BCUT2D eigenvalue weighted by Gasteiger charge is -2.11. The summed E-state index contributed by atoms with van der Waals surface area (Å²) in [6.07, 6.45) is 0. The van der Waals surface area contributed by atoms with Gasteiger partial charge in [-0.25, -0.2) is 0 Å². The molecule has 0 aliphatic carbocycles. The quantitative estimate of drug-likeness (QED) is 0.497. The van der Waals surface area contributed by atoms with E-state index < -0.39 is 28.3 Å². The summed E-state index contributed by atoms with van der Waals surface area (Å²) in [7, 11) is 0. The van der Waals surface area contributed by atoms with E-state index in [1.165, 1.54) is 5.01 Å². The molecule has 10 heteroatoms. The average Bonchev–Trinajstić information content (AvgIpc) is 2.90. The van der Waals surface area contributed by atoms with Crippen molar-refractivity contribution in [3.05, 3.63) is 57.6 Å². The van der Waals surface area contributed by atoms with Crippen LogP contribution in [0, 0.1) is 10.1 Å². The molecule has 1 heterocycles. The molecule has 0 saturated carbocycles. The number of azo groups is 1. The van der Waals surface area contributed by atoms with Crippen molar-refractivity contribution in [1.29, 1.82) is 0 Å². The normalized spacial score (nSPS) is 17.0. The van der Waals surface area contributed by atoms with Crippen LogP contribution >= 0.6 is 11.6 Å². The number of benzene rings is 2. The molecule has 0 aromatic heterocycles. The standard InChI is InChI=1S/C16H12ClN5O4/c1-9-15(16(24)21(20-9)10-5-3-2-4-6-10)19-18-12-7-11(17)13(22(25)26)8-14(12)23/h2-8,15,23H,1H3. The van der Waals surface area contributed by atoms with Crippen molar-refractivity contribution in [3.63, 3.8) is 0 Å². The predicted octanol–water partition coefficient (Wildman–Crippen LogP) is 3.83. The Bertz CT molecular complexity index is 945. The lowest BCUT2D eigenvalue weighted by Crippen LogP contribution is -2.29. The molecule has 0 fully saturated rings. The first-order valence-electron chi connectivity index (χ1n) is 7.40. The van der Waals surface area contributed by atoms with Gasteiger partial charge in [0.15, 0.2) is 6.04 Å². The highest BCUT2D eigenvalue weighted by molar-refractivity contribution is 6.33. The van der Waals surface area contributed by atoms with Crippen LogP contribution in [0.25, 0.3) is 0 Å². The highest BCUT2D eigenvalue weighted by atomic mass is 35.5. The predicted molar refractivity (Wildman–Crippen MR) is 95.1 cm³/mol. The van der Waals surface area contributed by atoms with Gasteiger partial charge in [-0.1, -0.05) is 29.8 Å². The van der Waals surface area contributed by atoms with Crippen LogP contribution in [0.3, 0.4) is 0 Å². The molecule has 132 valence electrons. The Kier molecular flexibility index (Phi) is 4.63. The third-order valence-corrected chi connectivity index (χ3v) is 3.92. The summed E-state index contributed by atoms with van der Waals surface area (Å²) in [4.78, 5) is 22.6. The fourth-order valence-corrected chi connectivity index (χ4v) is 2.55. The Balaban J connectivity index is 1.86. The second-order valence-electron chi connectivity index (χ2n) is 5.39. The number of halogens is 1. The molecule has 1 aliphatic rings.